The average Bonchev–Trinajstić information content (AvgIpc) is 2.34. The van der Waals surface area contributed by atoms with Gasteiger partial charge in [0, 0.05) is 13.0 Å². The Morgan fingerprint density at radius 3 is 2.78 bits per heavy atom. The SMILES string of the molecule is C#CCCCCNC(=O)c1c(F)ccc(N)c1F. The van der Waals surface area contributed by atoms with Gasteiger partial charge in [-0.25, -0.2) is 8.78 Å². The fourth-order valence-electron chi connectivity index (χ4n) is 1.42. The van der Waals surface area contributed by atoms with Gasteiger partial charge >= 0.3 is 0 Å². The largest absolute Gasteiger partial charge is 0.396 e. The third-order valence-electron chi connectivity index (χ3n) is 2.38. The number of benzene rings is 1. The molecule has 1 aromatic carbocycles. The number of halogens is 2. The lowest BCUT2D eigenvalue weighted by Gasteiger charge is -2.08. The summed E-state index contributed by atoms with van der Waals surface area (Å²) in [5, 5.41) is 2.42. The van der Waals surface area contributed by atoms with Crippen LogP contribution in [0.5, 0.6) is 0 Å². The minimum atomic E-state index is -1.03. The van der Waals surface area contributed by atoms with Gasteiger partial charge in [0.05, 0.1) is 5.69 Å². The van der Waals surface area contributed by atoms with Gasteiger partial charge in [-0.05, 0) is 25.0 Å². The van der Waals surface area contributed by atoms with Crippen molar-refractivity contribution in [3.8, 4) is 12.3 Å². The van der Waals surface area contributed by atoms with Crippen molar-refractivity contribution < 1.29 is 13.6 Å². The molecule has 3 N–H and O–H groups in total. The maximum atomic E-state index is 13.5. The van der Waals surface area contributed by atoms with Crippen LogP contribution in [0.1, 0.15) is 29.6 Å². The lowest BCUT2D eigenvalue weighted by Crippen LogP contribution is -2.26. The molecule has 0 heterocycles. The number of nitrogens with two attached hydrogens (primary N) is 1. The second kappa shape index (κ2) is 6.60. The molecule has 0 aliphatic rings. The molecule has 0 unspecified atom stereocenters. The smallest absolute Gasteiger partial charge is 0.257 e. The molecule has 0 atom stereocenters. The zero-order chi connectivity index (χ0) is 13.5. The van der Waals surface area contributed by atoms with Gasteiger partial charge in [0.25, 0.3) is 5.91 Å². The van der Waals surface area contributed by atoms with Crippen LogP contribution in [-0.4, -0.2) is 12.5 Å². The molecular formula is C13H14F2N2O. The van der Waals surface area contributed by atoms with Crippen molar-refractivity contribution in [3.05, 3.63) is 29.3 Å². The molecule has 3 nitrogen and oxygen atoms in total. The van der Waals surface area contributed by atoms with E-state index in [0.29, 0.717) is 19.4 Å². The Labute approximate surface area is 104 Å². The second-order valence-electron chi connectivity index (χ2n) is 3.74. The predicted molar refractivity (Wildman–Crippen MR) is 65.8 cm³/mol. The van der Waals surface area contributed by atoms with E-state index in [0.717, 1.165) is 18.6 Å². The van der Waals surface area contributed by atoms with Gasteiger partial charge in [-0.1, -0.05) is 0 Å². The Hall–Kier alpha value is -2.09. The highest BCUT2D eigenvalue weighted by molar-refractivity contribution is 5.95. The maximum absolute atomic E-state index is 13.5. The van der Waals surface area contributed by atoms with E-state index in [1.807, 2.05) is 0 Å². The van der Waals surface area contributed by atoms with E-state index in [4.69, 9.17) is 12.2 Å². The van der Waals surface area contributed by atoms with E-state index in [1.165, 1.54) is 0 Å². The summed E-state index contributed by atoms with van der Waals surface area (Å²) in [6, 6.07) is 2.04. The number of nitrogens with one attached hydrogen (secondary N) is 1. The summed E-state index contributed by atoms with van der Waals surface area (Å²) in [7, 11) is 0. The third-order valence-corrected chi connectivity index (χ3v) is 2.38. The van der Waals surface area contributed by atoms with Crippen molar-refractivity contribution in [3.63, 3.8) is 0 Å². The number of terminal acetylenes is 1. The molecule has 96 valence electrons. The van der Waals surface area contributed by atoms with Crippen molar-refractivity contribution in [1.82, 2.24) is 5.32 Å². The van der Waals surface area contributed by atoms with Crippen LogP contribution in [0, 0.1) is 24.0 Å². The van der Waals surface area contributed by atoms with Crippen LogP contribution in [0.2, 0.25) is 0 Å². The van der Waals surface area contributed by atoms with Crippen molar-refractivity contribution in [2.75, 3.05) is 12.3 Å². The normalized spacial score (nSPS) is 9.83. The molecule has 1 amide bonds. The van der Waals surface area contributed by atoms with Gasteiger partial charge in [0.2, 0.25) is 0 Å². The summed E-state index contributed by atoms with van der Waals surface area (Å²) >= 11 is 0. The number of hydrogen-bond donors (Lipinski definition) is 2. The highest BCUT2D eigenvalue weighted by Gasteiger charge is 2.18. The van der Waals surface area contributed by atoms with Crippen molar-refractivity contribution in [2.45, 2.75) is 19.3 Å². The number of carbonyl (C=O) groups excluding carboxylic acids is 1. The van der Waals surface area contributed by atoms with Crippen molar-refractivity contribution in [2.24, 2.45) is 0 Å². The topological polar surface area (TPSA) is 55.1 Å². The molecule has 1 rings (SSSR count). The van der Waals surface area contributed by atoms with Gasteiger partial charge in [0.15, 0.2) is 5.82 Å². The first-order valence-electron chi connectivity index (χ1n) is 5.53. The van der Waals surface area contributed by atoms with Crippen LogP contribution in [0.3, 0.4) is 0 Å². The molecule has 0 bridgehead atoms. The van der Waals surface area contributed by atoms with E-state index < -0.39 is 23.1 Å². The van der Waals surface area contributed by atoms with Gasteiger partial charge in [-0.15, -0.1) is 12.3 Å². The standard InChI is InChI=1S/C13H14F2N2O/c1-2-3-4-5-8-17-13(18)11-9(14)6-7-10(16)12(11)15/h1,6-7H,3-5,8,16H2,(H,17,18). The van der Waals surface area contributed by atoms with Crippen LogP contribution >= 0.6 is 0 Å². The highest BCUT2D eigenvalue weighted by Crippen LogP contribution is 2.18. The summed E-state index contributed by atoms with van der Waals surface area (Å²) in [4.78, 5) is 11.6. The monoisotopic (exact) mass is 252 g/mol. The van der Waals surface area contributed by atoms with Gasteiger partial charge in [0.1, 0.15) is 11.4 Å². The van der Waals surface area contributed by atoms with E-state index in [1.54, 1.807) is 0 Å². The minimum absolute atomic E-state index is 0.256. The summed E-state index contributed by atoms with van der Waals surface area (Å²) in [5.41, 5.74) is 4.38. The lowest BCUT2D eigenvalue weighted by molar-refractivity contribution is 0.0944. The van der Waals surface area contributed by atoms with Crippen LogP contribution in [0.15, 0.2) is 12.1 Å². The summed E-state index contributed by atoms with van der Waals surface area (Å²) in [6.07, 6.45) is 7.08. The number of rotatable bonds is 5. The molecule has 18 heavy (non-hydrogen) atoms. The zero-order valence-electron chi connectivity index (χ0n) is 9.80. The Morgan fingerprint density at radius 1 is 1.39 bits per heavy atom. The van der Waals surface area contributed by atoms with E-state index in [2.05, 4.69) is 11.2 Å². The maximum Gasteiger partial charge on any atom is 0.257 e. The quantitative estimate of drug-likeness (QED) is 0.479. The van der Waals surface area contributed by atoms with Gasteiger partial charge in [-0.3, -0.25) is 4.79 Å². The molecule has 0 saturated carbocycles. The fourth-order valence-corrected chi connectivity index (χ4v) is 1.42. The Balaban J connectivity index is 2.62. The number of amides is 1. The van der Waals surface area contributed by atoms with E-state index in [9.17, 15) is 13.6 Å². The van der Waals surface area contributed by atoms with Crippen molar-refractivity contribution in [1.29, 1.82) is 0 Å². The number of anilines is 1. The minimum Gasteiger partial charge on any atom is -0.396 e. The molecule has 0 fully saturated rings. The summed E-state index contributed by atoms with van der Waals surface area (Å²) in [5.74, 6) is -0.303. The number of hydrogen-bond acceptors (Lipinski definition) is 2. The Kier molecular flexibility index (Phi) is 5.12. The highest BCUT2D eigenvalue weighted by atomic mass is 19.1. The molecular weight excluding hydrogens is 238 g/mol. The first-order valence-corrected chi connectivity index (χ1v) is 5.53. The molecule has 0 spiro atoms. The fraction of sp³-hybridized carbons (Fsp3) is 0.308. The van der Waals surface area contributed by atoms with Crippen LogP contribution in [-0.2, 0) is 0 Å². The van der Waals surface area contributed by atoms with Gasteiger partial charge < -0.3 is 11.1 Å². The second-order valence-corrected chi connectivity index (χ2v) is 3.74. The zero-order valence-corrected chi connectivity index (χ0v) is 9.80. The first kappa shape index (κ1) is 14.0. The molecule has 0 saturated heterocycles. The molecule has 1 aromatic rings. The van der Waals surface area contributed by atoms with Crippen LogP contribution in [0.4, 0.5) is 14.5 Å². The third kappa shape index (κ3) is 3.45. The predicted octanol–water partition coefficient (Wildman–Crippen LogP) is 2.08. The van der Waals surface area contributed by atoms with E-state index >= 15 is 0 Å². The van der Waals surface area contributed by atoms with Crippen LogP contribution in [0.25, 0.3) is 0 Å². The molecule has 5 heteroatoms. The van der Waals surface area contributed by atoms with Crippen molar-refractivity contribution >= 4 is 11.6 Å². The molecule has 0 radical (unpaired) electrons. The number of unbranched alkanes of at least 4 members (excludes halogenated alkanes) is 2. The number of nitrogen functional groups attached to an aromatic ring is 1. The first-order chi connectivity index (χ1) is 8.57. The molecule has 0 aliphatic carbocycles. The number of carbonyl (C=O) groups is 1. The Bertz CT molecular complexity index is 481. The summed E-state index contributed by atoms with van der Waals surface area (Å²) < 4.78 is 26.8. The lowest BCUT2D eigenvalue weighted by atomic mass is 10.1. The molecule has 0 aromatic heterocycles. The van der Waals surface area contributed by atoms with Gasteiger partial charge in [-0.2, -0.15) is 0 Å². The van der Waals surface area contributed by atoms with Crippen LogP contribution < -0.4 is 11.1 Å². The Morgan fingerprint density at radius 2 is 2.11 bits per heavy atom. The summed E-state index contributed by atoms with van der Waals surface area (Å²) in [6.45, 7) is 0.314. The average molecular weight is 252 g/mol. The molecule has 0 aliphatic heterocycles. The van der Waals surface area contributed by atoms with E-state index in [-0.39, 0.29) is 5.69 Å².